The number of hydrogen-bond acceptors (Lipinski definition) is 4. The van der Waals surface area contributed by atoms with E-state index in [9.17, 15) is 4.79 Å². The summed E-state index contributed by atoms with van der Waals surface area (Å²) in [6, 6.07) is 18.8. The number of allylic oxidation sites excluding steroid dienone is 1. The Hall–Kier alpha value is -3.67. The third-order valence-corrected chi connectivity index (χ3v) is 4.73. The lowest BCUT2D eigenvalue weighted by Gasteiger charge is -2.34. The molecule has 28 heavy (non-hydrogen) atoms. The van der Waals surface area contributed by atoms with Crippen molar-refractivity contribution in [3.05, 3.63) is 90.5 Å². The molecule has 4 rings (SSSR count). The highest BCUT2D eigenvalue weighted by Gasteiger charge is 2.35. The molecular formula is C22H20N4O2. The maximum absolute atomic E-state index is 12.6. The van der Waals surface area contributed by atoms with Crippen LogP contribution in [0.1, 0.15) is 24.4 Å². The molecule has 2 aromatic carbocycles. The summed E-state index contributed by atoms with van der Waals surface area (Å²) in [4.78, 5) is 18.9. The van der Waals surface area contributed by atoms with Crippen LogP contribution in [0.25, 0.3) is 17.0 Å². The lowest BCUT2D eigenvalue weighted by molar-refractivity contribution is 0.209. The van der Waals surface area contributed by atoms with Crippen molar-refractivity contribution < 1.29 is 9.32 Å². The molecule has 0 fully saturated rings. The van der Waals surface area contributed by atoms with Crippen LogP contribution in [0.15, 0.2) is 83.5 Å². The normalized spacial score (nSPS) is 16.8. The van der Waals surface area contributed by atoms with E-state index >= 15 is 0 Å². The van der Waals surface area contributed by atoms with Crippen LogP contribution in [0, 0.1) is 0 Å². The third-order valence-electron chi connectivity index (χ3n) is 4.73. The van der Waals surface area contributed by atoms with E-state index in [1.165, 1.54) is 0 Å². The van der Waals surface area contributed by atoms with Crippen LogP contribution >= 0.6 is 0 Å². The zero-order chi connectivity index (χ0) is 19.5. The third kappa shape index (κ3) is 3.20. The quantitative estimate of drug-likeness (QED) is 0.673. The van der Waals surface area contributed by atoms with Gasteiger partial charge in [0, 0.05) is 17.8 Å². The summed E-state index contributed by atoms with van der Waals surface area (Å²) < 4.78 is 5.62. The van der Waals surface area contributed by atoms with Crippen molar-refractivity contribution in [3.8, 4) is 11.4 Å². The number of nitrogens with one attached hydrogen (secondary N) is 1. The van der Waals surface area contributed by atoms with Gasteiger partial charge in [0.1, 0.15) is 0 Å². The maximum atomic E-state index is 12.6. The second kappa shape index (κ2) is 7.52. The van der Waals surface area contributed by atoms with Gasteiger partial charge in [0.15, 0.2) is 0 Å². The minimum Gasteiger partial charge on any atom is -0.334 e. The Kier molecular flexibility index (Phi) is 4.76. The Labute approximate surface area is 163 Å². The van der Waals surface area contributed by atoms with Crippen LogP contribution in [0.3, 0.4) is 0 Å². The molecule has 1 N–H and O–H groups in total. The fourth-order valence-corrected chi connectivity index (χ4v) is 3.34. The summed E-state index contributed by atoms with van der Waals surface area (Å²) in [6.07, 6.45) is 1.69. The lowest BCUT2D eigenvalue weighted by atomic mass is 9.95. The number of aromatic nitrogens is 2. The van der Waals surface area contributed by atoms with Crippen LogP contribution in [0.5, 0.6) is 0 Å². The summed E-state index contributed by atoms with van der Waals surface area (Å²) in [5.74, 6) is 0.897. The molecule has 1 aliphatic rings. The minimum absolute atomic E-state index is 0.183. The number of amides is 2. The predicted octanol–water partition coefficient (Wildman–Crippen LogP) is 4.42. The number of nitrogens with zero attached hydrogens (tertiary/aromatic N) is 3. The van der Waals surface area contributed by atoms with Crippen molar-refractivity contribution in [2.75, 3.05) is 6.54 Å². The summed E-state index contributed by atoms with van der Waals surface area (Å²) in [5.41, 5.74) is 3.36. The molecule has 1 atom stereocenters. The number of carbonyl (C=O) groups is 1. The maximum Gasteiger partial charge on any atom is 0.322 e. The lowest BCUT2D eigenvalue weighted by Crippen LogP contribution is -2.46. The van der Waals surface area contributed by atoms with Crippen LogP contribution in [0.4, 0.5) is 4.79 Å². The molecule has 140 valence electrons. The van der Waals surface area contributed by atoms with E-state index in [0.29, 0.717) is 18.3 Å². The molecule has 0 radical (unpaired) electrons. The molecule has 6 heteroatoms. The van der Waals surface area contributed by atoms with Crippen LogP contribution in [-0.4, -0.2) is 27.6 Å². The Bertz CT molecular complexity index is 1020. The van der Waals surface area contributed by atoms with Crippen LogP contribution in [-0.2, 0) is 0 Å². The number of carbonyl (C=O) groups excluding carboxylic acids is 1. The molecule has 6 nitrogen and oxygen atoms in total. The molecule has 2 heterocycles. The molecule has 2 amide bonds. The average Bonchev–Trinajstić information content (AvgIpc) is 3.22. The molecule has 0 spiro atoms. The zero-order valence-electron chi connectivity index (χ0n) is 15.5. The SMILES string of the molecule is C=CCN1C(=O)NC(c2ccccc2)C(c2nc(-c3ccccc3)no2)=C1C. The number of benzene rings is 2. The largest absolute Gasteiger partial charge is 0.334 e. The van der Waals surface area contributed by atoms with Gasteiger partial charge in [0.25, 0.3) is 5.89 Å². The summed E-state index contributed by atoms with van der Waals surface area (Å²) in [7, 11) is 0. The molecule has 0 aliphatic carbocycles. The Morgan fingerprint density at radius 1 is 1.14 bits per heavy atom. The molecule has 0 bridgehead atoms. The first-order chi connectivity index (χ1) is 13.7. The van der Waals surface area contributed by atoms with Crippen molar-refractivity contribution in [1.29, 1.82) is 0 Å². The highest BCUT2D eigenvalue weighted by molar-refractivity contribution is 5.87. The van der Waals surface area contributed by atoms with E-state index in [2.05, 4.69) is 22.0 Å². The van der Waals surface area contributed by atoms with Gasteiger partial charge in [-0.05, 0) is 12.5 Å². The number of hydrogen-bond donors (Lipinski definition) is 1. The molecule has 3 aromatic rings. The monoisotopic (exact) mass is 372 g/mol. The fraction of sp³-hybridized carbons (Fsp3) is 0.136. The molecular weight excluding hydrogens is 352 g/mol. The van der Waals surface area contributed by atoms with Gasteiger partial charge in [-0.25, -0.2) is 4.79 Å². The van der Waals surface area contributed by atoms with Gasteiger partial charge >= 0.3 is 6.03 Å². The van der Waals surface area contributed by atoms with Gasteiger partial charge in [0.2, 0.25) is 5.82 Å². The average molecular weight is 372 g/mol. The Morgan fingerprint density at radius 2 is 1.82 bits per heavy atom. The fourth-order valence-electron chi connectivity index (χ4n) is 3.34. The first-order valence-corrected chi connectivity index (χ1v) is 9.03. The van der Waals surface area contributed by atoms with E-state index in [1.54, 1.807) is 11.0 Å². The summed E-state index contributed by atoms with van der Waals surface area (Å²) in [6.45, 7) is 6.03. The second-order valence-electron chi connectivity index (χ2n) is 6.48. The summed E-state index contributed by atoms with van der Waals surface area (Å²) >= 11 is 0. The van der Waals surface area contributed by atoms with Crippen molar-refractivity contribution in [2.45, 2.75) is 13.0 Å². The van der Waals surface area contributed by atoms with Crippen LogP contribution in [0.2, 0.25) is 0 Å². The molecule has 1 aromatic heterocycles. The second-order valence-corrected chi connectivity index (χ2v) is 6.48. The molecule has 1 aliphatic heterocycles. The first-order valence-electron chi connectivity index (χ1n) is 9.03. The first kappa shape index (κ1) is 17.7. The molecule has 0 saturated heterocycles. The smallest absolute Gasteiger partial charge is 0.322 e. The van der Waals surface area contributed by atoms with E-state index in [4.69, 9.17) is 4.52 Å². The van der Waals surface area contributed by atoms with Gasteiger partial charge in [0.05, 0.1) is 11.6 Å². The highest BCUT2D eigenvalue weighted by Crippen LogP contribution is 2.37. The standard InChI is InChI=1S/C22H20N4O2/c1-3-14-26-15(2)18(19(23-22(26)27)16-10-6-4-7-11-16)21-24-20(25-28-21)17-12-8-5-9-13-17/h3-13,19H,1,14H2,2H3,(H,23,27). The van der Waals surface area contributed by atoms with Crippen molar-refractivity contribution in [2.24, 2.45) is 0 Å². The summed E-state index contributed by atoms with van der Waals surface area (Å²) in [5, 5.41) is 7.19. The topological polar surface area (TPSA) is 71.3 Å². The van der Waals surface area contributed by atoms with Gasteiger partial charge < -0.3 is 9.84 Å². The Morgan fingerprint density at radius 3 is 2.50 bits per heavy atom. The predicted molar refractivity (Wildman–Crippen MR) is 107 cm³/mol. The van der Waals surface area contributed by atoms with Gasteiger partial charge in [-0.3, -0.25) is 4.90 Å². The molecule has 0 saturated carbocycles. The Balaban J connectivity index is 1.82. The van der Waals surface area contributed by atoms with Gasteiger partial charge in [-0.15, -0.1) is 6.58 Å². The highest BCUT2D eigenvalue weighted by atomic mass is 16.5. The van der Waals surface area contributed by atoms with E-state index < -0.39 is 0 Å². The van der Waals surface area contributed by atoms with E-state index in [-0.39, 0.29) is 12.1 Å². The number of rotatable bonds is 5. The van der Waals surface area contributed by atoms with E-state index in [1.807, 2.05) is 67.6 Å². The van der Waals surface area contributed by atoms with Crippen molar-refractivity contribution in [3.63, 3.8) is 0 Å². The molecule has 1 unspecified atom stereocenters. The minimum atomic E-state index is -0.376. The van der Waals surface area contributed by atoms with E-state index in [0.717, 1.165) is 22.4 Å². The van der Waals surface area contributed by atoms with Crippen molar-refractivity contribution >= 4 is 11.6 Å². The van der Waals surface area contributed by atoms with Crippen LogP contribution < -0.4 is 5.32 Å². The van der Waals surface area contributed by atoms with Gasteiger partial charge in [-0.2, -0.15) is 4.98 Å². The number of urea groups is 1. The van der Waals surface area contributed by atoms with Crippen molar-refractivity contribution in [1.82, 2.24) is 20.4 Å². The van der Waals surface area contributed by atoms with Gasteiger partial charge in [-0.1, -0.05) is 71.9 Å². The zero-order valence-corrected chi connectivity index (χ0v) is 15.5.